The molecule has 1 aliphatic rings. The van der Waals surface area contributed by atoms with E-state index in [0.29, 0.717) is 25.4 Å². The SMILES string of the molecule is COc1ccccc1CN1CCNC(=O)C1CC(=O)NCc1cccc(F)c1F. The van der Waals surface area contributed by atoms with E-state index >= 15 is 0 Å². The van der Waals surface area contributed by atoms with Crippen molar-refractivity contribution in [2.24, 2.45) is 0 Å². The second kappa shape index (κ2) is 9.47. The second-order valence-electron chi connectivity index (χ2n) is 6.78. The molecule has 1 aliphatic heterocycles. The number of nitrogens with one attached hydrogen (secondary N) is 2. The van der Waals surface area contributed by atoms with E-state index in [-0.39, 0.29) is 24.4 Å². The van der Waals surface area contributed by atoms with Crippen LogP contribution in [0, 0.1) is 11.6 Å². The minimum Gasteiger partial charge on any atom is -0.496 e. The summed E-state index contributed by atoms with van der Waals surface area (Å²) in [5.74, 6) is -1.89. The molecule has 2 N–H and O–H groups in total. The van der Waals surface area contributed by atoms with Gasteiger partial charge in [-0.15, -0.1) is 0 Å². The first-order valence-electron chi connectivity index (χ1n) is 9.33. The van der Waals surface area contributed by atoms with E-state index in [9.17, 15) is 18.4 Å². The van der Waals surface area contributed by atoms with Crippen LogP contribution in [0.3, 0.4) is 0 Å². The summed E-state index contributed by atoms with van der Waals surface area (Å²) >= 11 is 0. The maximum atomic E-state index is 13.7. The average Bonchev–Trinajstić information content (AvgIpc) is 2.72. The van der Waals surface area contributed by atoms with Crippen LogP contribution in [-0.2, 0) is 22.7 Å². The molecular weight excluding hydrogens is 380 g/mol. The number of methoxy groups -OCH3 is 1. The number of carbonyl (C=O) groups is 2. The number of benzene rings is 2. The van der Waals surface area contributed by atoms with Gasteiger partial charge in [-0.25, -0.2) is 8.78 Å². The zero-order valence-electron chi connectivity index (χ0n) is 16.1. The molecule has 3 rings (SSSR count). The minimum atomic E-state index is -0.985. The van der Waals surface area contributed by atoms with E-state index in [4.69, 9.17) is 4.74 Å². The summed E-state index contributed by atoms with van der Waals surface area (Å²) in [6, 6.07) is 10.6. The Balaban J connectivity index is 1.65. The van der Waals surface area contributed by atoms with Crippen molar-refractivity contribution in [1.29, 1.82) is 0 Å². The molecule has 1 saturated heterocycles. The van der Waals surface area contributed by atoms with Gasteiger partial charge in [-0.3, -0.25) is 14.5 Å². The fraction of sp³-hybridized carbons (Fsp3) is 0.333. The van der Waals surface area contributed by atoms with Gasteiger partial charge in [-0.1, -0.05) is 30.3 Å². The topological polar surface area (TPSA) is 70.7 Å². The van der Waals surface area contributed by atoms with Gasteiger partial charge in [0.2, 0.25) is 11.8 Å². The van der Waals surface area contributed by atoms with Crippen LogP contribution in [0.15, 0.2) is 42.5 Å². The van der Waals surface area contributed by atoms with Crippen LogP contribution in [0.4, 0.5) is 8.78 Å². The zero-order valence-corrected chi connectivity index (χ0v) is 16.1. The van der Waals surface area contributed by atoms with E-state index in [1.165, 1.54) is 12.1 Å². The molecule has 0 bridgehead atoms. The van der Waals surface area contributed by atoms with Crippen LogP contribution < -0.4 is 15.4 Å². The summed E-state index contributed by atoms with van der Waals surface area (Å²) in [7, 11) is 1.58. The molecule has 2 aromatic carbocycles. The Bertz CT molecular complexity index is 891. The maximum Gasteiger partial charge on any atom is 0.237 e. The standard InChI is InChI=1S/C21H23F2N3O3/c1-29-18-8-3-2-5-15(18)13-26-10-9-24-21(28)17(26)11-19(27)25-12-14-6-4-7-16(22)20(14)23/h2-8,17H,9-13H2,1H3,(H,24,28)(H,25,27). The fourth-order valence-corrected chi connectivity index (χ4v) is 3.35. The molecule has 2 aromatic rings. The number of hydrogen-bond donors (Lipinski definition) is 2. The Morgan fingerprint density at radius 3 is 2.76 bits per heavy atom. The van der Waals surface area contributed by atoms with Crippen LogP contribution >= 0.6 is 0 Å². The highest BCUT2D eigenvalue weighted by molar-refractivity contribution is 5.88. The predicted molar refractivity (Wildman–Crippen MR) is 103 cm³/mol. The highest BCUT2D eigenvalue weighted by Crippen LogP contribution is 2.22. The monoisotopic (exact) mass is 403 g/mol. The Hall–Kier alpha value is -3.00. The molecule has 0 aromatic heterocycles. The van der Waals surface area contributed by atoms with E-state index in [1.807, 2.05) is 29.2 Å². The molecule has 1 unspecified atom stereocenters. The molecule has 1 atom stereocenters. The molecule has 0 radical (unpaired) electrons. The van der Waals surface area contributed by atoms with Crippen molar-refractivity contribution in [1.82, 2.24) is 15.5 Å². The Morgan fingerprint density at radius 2 is 1.97 bits per heavy atom. The number of halogens is 2. The van der Waals surface area contributed by atoms with Gasteiger partial charge in [0, 0.05) is 37.3 Å². The Morgan fingerprint density at radius 1 is 1.21 bits per heavy atom. The minimum absolute atomic E-state index is 0.0531. The number of hydrogen-bond acceptors (Lipinski definition) is 4. The average molecular weight is 403 g/mol. The van der Waals surface area contributed by atoms with Gasteiger partial charge in [0.05, 0.1) is 19.6 Å². The van der Waals surface area contributed by atoms with Crippen molar-refractivity contribution < 1.29 is 23.1 Å². The predicted octanol–water partition coefficient (Wildman–Crippen LogP) is 1.98. The van der Waals surface area contributed by atoms with Gasteiger partial charge in [0.1, 0.15) is 5.75 Å². The first-order valence-corrected chi connectivity index (χ1v) is 9.33. The molecule has 1 fully saturated rings. The highest BCUT2D eigenvalue weighted by atomic mass is 19.2. The second-order valence-corrected chi connectivity index (χ2v) is 6.78. The molecule has 1 heterocycles. The lowest BCUT2D eigenvalue weighted by Gasteiger charge is -2.35. The molecule has 6 nitrogen and oxygen atoms in total. The normalized spacial score (nSPS) is 16.9. The van der Waals surface area contributed by atoms with Crippen molar-refractivity contribution in [2.75, 3.05) is 20.2 Å². The zero-order chi connectivity index (χ0) is 20.8. The van der Waals surface area contributed by atoms with Gasteiger partial charge in [0.15, 0.2) is 11.6 Å². The first kappa shape index (κ1) is 20.7. The lowest BCUT2D eigenvalue weighted by Crippen LogP contribution is -2.56. The van der Waals surface area contributed by atoms with E-state index in [1.54, 1.807) is 7.11 Å². The summed E-state index contributed by atoms with van der Waals surface area (Å²) in [5.41, 5.74) is 0.967. The molecule has 0 saturated carbocycles. The first-order chi connectivity index (χ1) is 14.0. The van der Waals surface area contributed by atoms with Crippen LogP contribution in [0.1, 0.15) is 17.5 Å². The lowest BCUT2D eigenvalue weighted by molar-refractivity contribution is -0.134. The van der Waals surface area contributed by atoms with Gasteiger partial charge >= 0.3 is 0 Å². The van der Waals surface area contributed by atoms with Crippen LogP contribution in [-0.4, -0.2) is 43.0 Å². The number of rotatable bonds is 7. The molecule has 8 heteroatoms. The van der Waals surface area contributed by atoms with Crippen LogP contribution in [0.5, 0.6) is 5.75 Å². The third kappa shape index (κ3) is 5.08. The smallest absolute Gasteiger partial charge is 0.237 e. The van der Waals surface area contributed by atoms with Crippen molar-refractivity contribution >= 4 is 11.8 Å². The molecule has 2 amide bonds. The van der Waals surface area contributed by atoms with Gasteiger partial charge in [-0.05, 0) is 12.1 Å². The van der Waals surface area contributed by atoms with Crippen LogP contribution in [0.25, 0.3) is 0 Å². The van der Waals surface area contributed by atoms with Gasteiger partial charge in [0.25, 0.3) is 0 Å². The van der Waals surface area contributed by atoms with E-state index in [2.05, 4.69) is 10.6 Å². The number of para-hydroxylation sites is 1. The molecule has 0 aliphatic carbocycles. The number of piperazine rings is 1. The molecular formula is C21H23F2N3O3. The molecule has 154 valence electrons. The summed E-state index contributed by atoms with van der Waals surface area (Å²) < 4.78 is 32.4. The quantitative estimate of drug-likeness (QED) is 0.742. The van der Waals surface area contributed by atoms with Crippen molar-refractivity contribution in [3.63, 3.8) is 0 Å². The largest absolute Gasteiger partial charge is 0.496 e. The summed E-state index contributed by atoms with van der Waals surface area (Å²) in [6.07, 6.45) is -0.0854. The third-order valence-electron chi connectivity index (χ3n) is 4.89. The van der Waals surface area contributed by atoms with Gasteiger partial charge in [-0.2, -0.15) is 0 Å². The summed E-state index contributed by atoms with van der Waals surface area (Å²) in [6.45, 7) is 1.37. The van der Waals surface area contributed by atoms with Crippen molar-refractivity contribution in [3.05, 3.63) is 65.2 Å². The maximum absolute atomic E-state index is 13.7. The number of amides is 2. The third-order valence-corrected chi connectivity index (χ3v) is 4.89. The van der Waals surface area contributed by atoms with Crippen molar-refractivity contribution in [3.8, 4) is 5.75 Å². The summed E-state index contributed by atoms with van der Waals surface area (Å²) in [5, 5.41) is 5.34. The van der Waals surface area contributed by atoms with E-state index in [0.717, 1.165) is 11.6 Å². The molecule has 0 spiro atoms. The van der Waals surface area contributed by atoms with Crippen LogP contribution in [0.2, 0.25) is 0 Å². The number of ether oxygens (including phenoxy) is 1. The van der Waals surface area contributed by atoms with Crippen molar-refractivity contribution in [2.45, 2.75) is 25.6 Å². The lowest BCUT2D eigenvalue weighted by atomic mass is 10.1. The fourth-order valence-electron chi connectivity index (χ4n) is 3.35. The summed E-state index contributed by atoms with van der Waals surface area (Å²) in [4.78, 5) is 26.7. The highest BCUT2D eigenvalue weighted by Gasteiger charge is 2.32. The van der Waals surface area contributed by atoms with Gasteiger partial charge < -0.3 is 15.4 Å². The Kier molecular flexibility index (Phi) is 6.77. The van der Waals surface area contributed by atoms with E-state index < -0.39 is 23.6 Å². The Labute approximate surface area is 167 Å². The number of nitrogens with zero attached hydrogens (tertiary/aromatic N) is 1. The molecule has 29 heavy (non-hydrogen) atoms. The number of carbonyl (C=O) groups excluding carboxylic acids is 2.